The molecule has 21 heavy (non-hydrogen) atoms. The van der Waals surface area contributed by atoms with Crippen LogP contribution in [-0.4, -0.2) is 25.2 Å². The topological polar surface area (TPSA) is 43.4 Å². The van der Waals surface area contributed by atoms with Crippen LogP contribution in [-0.2, 0) is 6.54 Å². The van der Waals surface area contributed by atoms with Crippen LogP contribution >= 0.6 is 23.2 Å². The van der Waals surface area contributed by atoms with Crippen LogP contribution in [0.25, 0.3) is 0 Å². The molecule has 0 aliphatic rings. The second kappa shape index (κ2) is 8.08. The summed E-state index contributed by atoms with van der Waals surface area (Å²) in [6.45, 7) is 1.78. The van der Waals surface area contributed by atoms with Crippen LogP contribution in [0.3, 0.4) is 0 Å². The van der Waals surface area contributed by atoms with Crippen molar-refractivity contribution < 1.29 is 9.47 Å². The average Bonchev–Trinajstić information content (AvgIpc) is 2.47. The summed E-state index contributed by atoms with van der Waals surface area (Å²) < 4.78 is 10.8. The maximum atomic E-state index is 6.08. The molecule has 0 radical (unpaired) electrons. The van der Waals surface area contributed by atoms with Gasteiger partial charge in [-0.3, -0.25) is 0 Å². The van der Waals surface area contributed by atoms with Gasteiger partial charge in [0.25, 0.3) is 0 Å². The first kappa shape index (κ1) is 15.9. The predicted molar refractivity (Wildman–Crippen MR) is 84.5 cm³/mol. The summed E-state index contributed by atoms with van der Waals surface area (Å²) in [5, 5.41) is 4.34. The molecule has 112 valence electrons. The summed E-state index contributed by atoms with van der Waals surface area (Å²) in [6.07, 6.45) is 1.70. The maximum Gasteiger partial charge on any atom is 0.213 e. The van der Waals surface area contributed by atoms with Gasteiger partial charge in [-0.2, -0.15) is 0 Å². The lowest BCUT2D eigenvalue weighted by molar-refractivity contribution is 0.301. The van der Waals surface area contributed by atoms with Gasteiger partial charge in [-0.15, -0.1) is 0 Å². The van der Waals surface area contributed by atoms with Gasteiger partial charge in [-0.05, 0) is 18.2 Å². The molecule has 0 saturated carbocycles. The number of methoxy groups -OCH3 is 1. The lowest BCUT2D eigenvalue weighted by Crippen LogP contribution is -2.21. The summed E-state index contributed by atoms with van der Waals surface area (Å²) in [4.78, 5) is 4.08. The number of pyridine rings is 1. The number of hydrogen-bond acceptors (Lipinski definition) is 4. The van der Waals surface area contributed by atoms with Crippen molar-refractivity contribution in [3.05, 3.63) is 52.1 Å². The van der Waals surface area contributed by atoms with E-state index in [0.29, 0.717) is 41.4 Å². The number of aromatic nitrogens is 1. The Kier molecular flexibility index (Phi) is 6.11. The third-order valence-electron chi connectivity index (χ3n) is 2.77. The molecule has 1 aromatic heterocycles. The van der Waals surface area contributed by atoms with Gasteiger partial charge in [0.15, 0.2) is 0 Å². The minimum Gasteiger partial charge on any atom is -0.495 e. The molecule has 0 aliphatic heterocycles. The van der Waals surface area contributed by atoms with E-state index in [9.17, 15) is 0 Å². The van der Waals surface area contributed by atoms with E-state index in [2.05, 4.69) is 10.3 Å². The van der Waals surface area contributed by atoms with Crippen LogP contribution in [0.4, 0.5) is 0 Å². The standard InChI is InChI=1S/C15H16Cl2N2O2/c1-20-15-11(8-12(16)9-13(15)17)10-18-6-7-21-14-4-2-3-5-19-14/h2-5,8-9,18H,6-7,10H2,1H3. The first-order valence-corrected chi connectivity index (χ1v) is 7.22. The largest absolute Gasteiger partial charge is 0.495 e. The highest BCUT2D eigenvalue weighted by molar-refractivity contribution is 6.35. The molecule has 2 rings (SSSR count). The highest BCUT2D eigenvalue weighted by Gasteiger charge is 2.09. The first-order chi connectivity index (χ1) is 10.2. The van der Waals surface area contributed by atoms with Crippen LogP contribution in [0.15, 0.2) is 36.5 Å². The second-order valence-electron chi connectivity index (χ2n) is 4.27. The second-order valence-corrected chi connectivity index (χ2v) is 5.12. The van der Waals surface area contributed by atoms with E-state index in [-0.39, 0.29) is 0 Å². The Hall–Kier alpha value is -1.49. The number of nitrogens with one attached hydrogen (secondary N) is 1. The molecule has 6 heteroatoms. The van der Waals surface area contributed by atoms with E-state index in [4.69, 9.17) is 32.7 Å². The zero-order valence-corrected chi connectivity index (χ0v) is 13.1. The molecule has 0 unspecified atom stereocenters. The SMILES string of the molecule is COc1c(Cl)cc(Cl)cc1CNCCOc1ccccn1. The number of halogens is 2. The van der Waals surface area contributed by atoms with Crippen LogP contribution in [0.2, 0.25) is 10.0 Å². The number of hydrogen-bond donors (Lipinski definition) is 1. The van der Waals surface area contributed by atoms with Crippen molar-refractivity contribution in [3.8, 4) is 11.6 Å². The Balaban J connectivity index is 1.81. The lowest BCUT2D eigenvalue weighted by Gasteiger charge is -2.12. The Labute approximate surface area is 134 Å². The molecule has 4 nitrogen and oxygen atoms in total. The van der Waals surface area contributed by atoms with E-state index in [0.717, 1.165) is 5.56 Å². The zero-order chi connectivity index (χ0) is 15.1. The van der Waals surface area contributed by atoms with Crippen molar-refractivity contribution in [1.29, 1.82) is 0 Å². The van der Waals surface area contributed by atoms with Crippen LogP contribution in [0, 0.1) is 0 Å². The molecule has 0 aliphatic carbocycles. The van der Waals surface area contributed by atoms with E-state index < -0.39 is 0 Å². The number of rotatable bonds is 7. The highest BCUT2D eigenvalue weighted by Crippen LogP contribution is 2.31. The first-order valence-electron chi connectivity index (χ1n) is 6.47. The van der Waals surface area contributed by atoms with Gasteiger partial charge >= 0.3 is 0 Å². The molecular formula is C15H16Cl2N2O2. The normalized spacial score (nSPS) is 10.4. The van der Waals surface area contributed by atoms with Crippen molar-refractivity contribution >= 4 is 23.2 Å². The third kappa shape index (κ3) is 4.77. The van der Waals surface area contributed by atoms with E-state index >= 15 is 0 Å². The van der Waals surface area contributed by atoms with Crippen molar-refractivity contribution in [2.24, 2.45) is 0 Å². The Morgan fingerprint density at radius 3 is 2.81 bits per heavy atom. The molecule has 0 saturated heterocycles. The lowest BCUT2D eigenvalue weighted by atomic mass is 10.2. The summed E-state index contributed by atoms with van der Waals surface area (Å²) in [5.41, 5.74) is 0.910. The fraction of sp³-hybridized carbons (Fsp3) is 0.267. The molecule has 0 spiro atoms. The molecule has 0 bridgehead atoms. The van der Waals surface area contributed by atoms with Crippen LogP contribution in [0.5, 0.6) is 11.6 Å². The van der Waals surface area contributed by atoms with Crippen molar-refractivity contribution in [1.82, 2.24) is 10.3 Å². The number of ether oxygens (including phenoxy) is 2. The van der Waals surface area contributed by atoms with Crippen molar-refractivity contribution in [2.75, 3.05) is 20.3 Å². The number of nitrogens with zero attached hydrogens (tertiary/aromatic N) is 1. The monoisotopic (exact) mass is 326 g/mol. The van der Waals surface area contributed by atoms with Crippen molar-refractivity contribution in [2.45, 2.75) is 6.54 Å². The minimum absolute atomic E-state index is 0.506. The molecule has 2 aromatic rings. The third-order valence-corrected chi connectivity index (χ3v) is 3.27. The van der Waals surface area contributed by atoms with E-state index in [1.807, 2.05) is 24.3 Å². The van der Waals surface area contributed by atoms with Gasteiger partial charge in [0, 0.05) is 35.9 Å². The van der Waals surface area contributed by atoms with Gasteiger partial charge in [0.1, 0.15) is 12.4 Å². The molecule has 1 heterocycles. The fourth-order valence-corrected chi connectivity index (χ4v) is 2.47. The molecule has 0 fully saturated rings. The molecule has 0 atom stereocenters. The van der Waals surface area contributed by atoms with Crippen molar-refractivity contribution in [3.63, 3.8) is 0 Å². The summed E-state index contributed by atoms with van der Waals surface area (Å²) in [7, 11) is 1.59. The van der Waals surface area contributed by atoms with Crippen LogP contribution < -0.4 is 14.8 Å². The Morgan fingerprint density at radius 1 is 1.24 bits per heavy atom. The summed E-state index contributed by atoms with van der Waals surface area (Å²) in [6, 6.07) is 9.04. The molecule has 1 aromatic carbocycles. The zero-order valence-electron chi connectivity index (χ0n) is 11.6. The van der Waals surface area contributed by atoms with Gasteiger partial charge < -0.3 is 14.8 Å². The van der Waals surface area contributed by atoms with E-state index in [1.165, 1.54) is 0 Å². The molecule has 1 N–H and O–H groups in total. The summed E-state index contributed by atoms with van der Waals surface area (Å²) in [5.74, 6) is 1.25. The quantitative estimate of drug-likeness (QED) is 0.790. The molecular weight excluding hydrogens is 311 g/mol. The Morgan fingerprint density at radius 2 is 2.10 bits per heavy atom. The number of benzene rings is 1. The highest BCUT2D eigenvalue weighted by atomic mass is 35.5. The predicted octanol–water partition coefficient (Wildman–Crippen LogP) is 3.57. The fourth-order valence-electron chi connectivity index (χ4n) is 1.86. The van der Waals surface area contributed by atoms with E-state index in [1.54, 1.807) is 19.4 Å². The van der Waals surface area contributed by atoms with Gasteiger partial charge in [-0.1, -0.05) is 29.3 Å². The smallest absolute Gasteiger partial charge is 0.213 e. The van der Waals surface area contributed by atoms with Gasteiger partial charge in [-0.25, -0.2) is 4.98 Å². The van der Waals surface area contributed by atoms with Gasteiger partial charge in [0.2, 0.25) is 5.88 Å². The van der Waals surface area contributed by atoms with Gasteiger partial charge in [0.05, 0.1) is 12.1 Å². The average molecular weight is 327 g/mol. The van der Waals surface area contributed by atoms with Crippen LogP contribution in [0.1, 0.15) is 5.56 Å². The molecule has 0 amide bonds. The Bertz CT molecular complexity index is 579. The minimum atomic E-state index is 0.506. The maximum absolute atomic E-state index is 6.08. The summed E-state index contributed by atoms with van der Waals surface area (Å²) >= 11 is 12.1.